The van der Waals surface area contributed by atoms with Gasteiger partial charge in [0.15, 0.2) is 0 Å². The van der Waals surface area contributed by atoms with Crippen LogP contribution in [-0.4, -0.2) is 48.8 Å². The van der Waals surface area contributed by atoms with Crippen molar-refractivity contribution < 1.29 is 8.78 Å². The van der Waals surface area contributed by atoms with Gasteiger partial charge in [-0.15, -0.1) is 0 Å². The lowest BCUT2D eigenvalue weighted by molar-refractivity contribution is 0.178. The highest BCUT2D eigenvalue weighted by molar-refractivity contribution is 8.00. The van der Waals surface area contributed by atoms with Gasteiger partial charge in [0.05, 0.1) is 12.2 Å². The first-order valence-electron chi connectivity index (χ1n) is 11.9. The van der Waals surface area contributed by atoms with E-state index in [2.05, 4.69) is 114 Å². The number of alkyl halides is 2. The SMILES string of the molecule is C=CNNC(=C)C(F)F.Cc1ccc(CN(SCCN2CC(C)NC(C)C2)c2ccccc2)cc1. The molecule has 0 spiro atoms. The molecule has 2 aromatic carbocycles. The lowest BCUT2D eigenvalue weighted by Crippen LogP contribution is -2.54. The third-order valence-electron chi connectivity index (χ3n) is 5.38. The first-order chi connectivity index (χ1) is 16.8. The van der Waals surface area contributed by atoms with E-state index in [1.54, 1.807) is 0 Å². The van der Waals surface area contributed by atoms with Crippen LogP contribution in [0.15, 0.2) is 79.7 Å². The summed E-state index contributed by atoms with van der Waals surface area (Å²) in [6.07, 6.45) is -1.30. The predicted octanol–water partition coefficient (Wildman–Crippen LogP) is 5.33. The molecule has 0 amide bonds. The summed E-state index contributed by atoms with van der Waals surface area (Å²) < 4.78 is 25.5. The molecule has 1 heterocycles. The zero-order valence-corrected chi connectivity index (χ0v) is 21.8. The maximum absolute atomic E-state index is 11.5. The number of hydrogen-bond donors (Lipinski definition) is 3. The largest absolute Gasteiger partial charge is 0.312 e. The fraction of sp³-hybridized carbons (Fsp3) is 0.407. The van der Waals surface area contributed by atoms with Gasteiger partial charge in [0.25, 0.3) is 6.43 Å². The highest BCUT2D eigenvalue weighted by Gasteiger charge is 2.20. The van der Waals surface area contributed by atoms with Gasteiger partial charge in [0.1, 0.15) is 0 Å². The van der Waals surface area contributed by atoms with Crippen molar-refractivity contribution in [3.05, 3.63) is 90.8 Å². The third kappa shape index (κ3) is 11.2. The number of hydrogen-bond acceptors (Lipinski definition) is 6. The summed E-state index contributed by atoms with van der Waals surface area (Å²) in [6.45, 7) is 17.3. The number of rotatable bonds is 11. The lowest BCUT2D eigenvalue weighted by atomic mass is 10.1. The van der Waals surface area contributed by atoms with Gasteiger partial charge in [-0.3, -0.25) is 4.90 Å². The Kier molecular flexibility index (Phi) is 12.7. The van der Waals surface area contributed by atoms with E-state index in [1.807, 2.05) is 11.9 Å². The molecule has 1 aliphatic rings. The first-order valence-corrected chi connectivity index (χ1v) is 12.8. The molecule has 0 aliphatic carbocycles. The normalized spacial score (nSPS) is 17.8. The molecule has 8 heteroatoms. The summed E-state index contributed by atoms with van der Waals surface area (Å²) in [6, 6.07) is 20.8. The number of hydrazine groups is 1. The summed E-state index contributed by atoms with van der Waals surface area (Å²) in [4.78, 5) is 2.59. The van der Waals surface area contributed by atoms with E-state index >= 15 is 0 Å². The molecule has 192 valence electrons. The van der Waals surface area contributed by atoms with Crippen molar-refractivity contribution in [3.8, 4) is 0 Å². The van der Waals surface area contributed by atoms with Crippen LogP contribution < -0.4 is 20.5 Å². The maximum atomic E-state index is 11.5. The number of para-hydroxylation sites is 1. The number of anilines is 1. The zero-order chi connectivity index (χ0) is 25.6. The smallest absolute Gasteiger partial charge is 0.279 e. The molecule has 1 aliphatic heterocycles. The monoisotopic (exact) mass is 503 g/mol. The molecular weight excluding hydrogens is 464 g/mol. The highest BCUT2D eigenvalue weighted by atomic mass is 32.2. The fourth-order valence-corrected chi connectivity index (χ4v) is 4.84. The number of allylic oxidation sites excluding steroid dienone is 1. The highest BCUT2D eigenvalue weighted by Crippen LogP contribution is 2.25. The Morgan fingerprint density at radius 3 is 2.34 bits per heavy atom. The minimum atomic E-state index is -2.54. The summed E-state index contributed by atoms with van der Waals surface area (Å²) in [5.74, 6) is 1.11. The second-order valence-electron chi connectivity index (χ2n) is 8.72. The molecule has 0 saturated carbocycles. The molecule has 2 aromatic rings. The average molecular weight is 504 g/mol. The second-order valence-corrected chi connectivity index (χ2v) is 9.83. The minimum Gasteiger partial charge on any atom is -0.312 e. The Balaban J connectivity index is 0.000000410. The van der Waals surface area contributed by atoms with Crippen LogP contribution in [0.2, 0.25) is 0 Å². The van der Waals surface area contributed by atoms with Gasteiger partial charge >= 0.3 is 0 Å². The van der Waals surface area contributed by atoms with Gasteiger partial charge in [-0.05, 0) is 50.4 Å². The van der Waals surface area contributed by atoms with E-state index in [9.17, 15) is 8.78 Å². The molecule has 0 bridgehead atoms. The average Bonchev–Trinajstić information content (AvgIpc) is 2.83. The van der Waals surface area contributed by atoms with Crippen LogP contribution in [-0.2, 0) is 6.54 Å². The molecule has 3 N–H and O–H groups in total. The van der Waals surface area contributed by atoms with Crippen LogP contribution >= 0.6 is 11.9 Å². The molecule has 2 unspecified atom stereocenters. The number of aryl methyl sites for hydroxylation is 1. The van der Waals surface area contributed by atoms with Gasteiger partial charge in [0.2, 0.25) is 0 Å². The fourth-order valence-electron chi connectivity index (χ4n) is 3.77. The van der Waals surface area contributed by atoms with Gasteiger partial charge in [-0.2, -0.15) is 0 Å². The quantitative estimate of drug-likeness (QED) is 0.284. The van der Waals surface area contributed by atoms with Crippen molar-refractivity contribution in [2.75, 3.05) is 29.7 Å². The Bertz CT molecular complexity index is 869. The number of piperazine rings is 1. The summed E-state index contributed by atoms with van der Waals surface area (Å²) in [5, 5.41) is 3.61. The lowest BCUT2D eigenvalue weighted by Gasteiger charge is -2.36. The zero-order valence-electron chi connectivity index (χ0n) is 21.0. The van der Waals surface area contributed by atoms with Crippen LogP contribution in [0.3, 0.4) is 0 Å². The Labute approximate surface area is 213 Å². The summed E-state index contributed by atoms with van der Waals surface area (Å²) >= 11 is 1.94. The minimum absolute atomic E-state index is 0.366. The molecule has 2 atom stereocenters. The van der Waals surface area contributed by atoms with Crippen LogP contribution in [0.25, 0.3) is 0 Å². The van der Waals surface area contributed by atoms with Crippen LogP contribution in [0.4, 0.5) is 14.5 Å². The predicted molar refractivity (Wildman–Crippen MR) is 146 cm³/mol. The van der Waals surface area contributed by atoms with Gasteiger partial charge < -0.3 is 20.5 Å². The molecule has 35 heavy (non-hydrogen) atoms. The van der Waals surface area contributed by atoms with Crippen molar-refractivity contribution in [2.45, 2.75) is 45.8 Å². The maximum Gasteiger partial charge on any atom is 0.279 e. The van der Waals surface area contributed by atoms with E-state index < -0.39 is 6.43 Å². The second kappa shape index (κ2) is 15.4. The van der Waals surface area contributed by atoms with Crippen molar-refractivity contribution >= 4 is 17.6 Å². The molecule has 3 rings (SSSR count). The van der Waals surface area contributed by atoms with E-state index in [0.29, 0.717) is 12.1 Å². The molecule has 1 fully saturated rings. The van der Waals surface area contributed by atoms with Crippen molar-refractivity contribution in [1.29, 1.82) is 0 Å². The van der Waals surface area contributed by atoms with Crippen LogP contribution in [0.5, 0.6) is 0 Å². The van der Waals surface area contributed by atoms with Gasteiger partial charge in [-0.1, -0.05) is 61.2 Å². The topological polar surface area (TPSA) is 42.6 Å². The standard InChI is InChI=1S/C22H31N3S.C5H8F2N2/c1-18-9-11-21(12-10-18)17-25(22-7-5-4-6-8-22)26-14-13-24-15-19(2)23-20(3)16-24;1-3-8-9-4(2)5(6)7/h4-12,19-20,23H,13-17H2,1-3H3;3,5,8-9H,1-2H2. The van der Waals surface area contributed by atoms with Crippen molar-refractivity contribution in [2.24, 2.45) is 0 Å². The van der Waals surface area contributed by atoms with Gasteiger partial charge in [0, 0.05) is 49.4 Å². The van der Waals surface area contributed by atoms with Crippen molar-refractivity contribution in [1.82, 2.24) is 21.1 Å². The molecule has 1 saturated heterocycles. The first kappa shape index (κ1) is 28.7. The Morgan fingerprint density at radius 2 is 1.77 bits per heavy atom. The Hall–Kier alpha value is -2.55. The van der Waals surface area contributed by atoms with E-state index in [4.69, 9.17) is 0 Å². The number of halogens is 2. The molecule has 0 aromatic heterocycles. The van der Waals surface area contributed by atoms with Crippen LogP contribution in [0, 0.1) is 6.92 Å². The van der Waals surface area contributed by atoms with E-state index in [-0.39, 0.29) is 5.70 Å². The van der Waals surface area contributed by atoms with Gasteiger partial charge in [-0.25, -0.2) is 8.78 Å². The number of nitrogens with one attached hydrogen (secondary N) is 3. The molecule has 5 nitrogen and oxygen atoms in total. The number of benzene rings is 2. The van der Waals surface area contributed by atoms with Crippen molar-refractivity contribution in [3.63, 3.8) is 0 Å². The van der Waals surface area contributed by atoms with E-state index in [0.717, 1.165) is 31.9 Å². The third-order valence-corrected chi connectivity index (χ3v) is 6.39. The Morgan fingerprint density at radius 1 is 1.14 bits per heavy atom. The van der Waals surface area contributed by atoms with E-state index in [1.165, 1.54) is 23.0 Å². The number of nitrogens with zero attached hydrogens (tertiary/aromatic N) is 2. The summed E-state index contributed by atoms with van der Waals surface area (Å²) in [7, 11) is 0. The molecule has 0 radical (unpaired) electrons. The molecular formula is C27H39F2N5S. The summed E-state index contributed by atoms with van der Waals surface area (Å²) in [5.41, 5.74) is 7.97. The van der Waals surface area contributed by atoms with Crippen LogP contribution in [0.1, 0.15) is 25.0 Å².